The van der Waals surface area contributed by atoms with E-state index in [1.165, 1.54) is 0 Å². The number of hydrogen-bond acceptors (Lipinski definition) is 5. The lowest BCUT2D eigenvalue weighted by molar-refractivity contribution is -0.141. The van der Waals surface area contributed by atoms with Crippen LogP contribution < -0.4 is 0 Å². The molecule has 0 atom stereocenters. The van der Waals surface area contributed by atoms with Crippen molar-refractivity contribution in [3.05, 3.63) is 29.1 Å². The summed E-state index contributed by atoms with van der Waals surface area (Å²) in [6.07, 6.45) is -4.01. The first kappa shape index (κ1) is 21.1. The first-order valence-corrected chi connectivity index (χ1v) is 12.2. The average Bonchev–Trinajstić information content (AvgIpc) is 2.42. The Hall–Kier alpha value is -1.90. The number of alkyl halides is 3. The molecule has 0 aliphatic carbocycles. The minimum absolute atomic E-state index is 0.0664. The van der Waals surface area contributed by atoms with Gasteiger partial charge in [0, 0.05) is 0 Å². The lowest BCUT2D eigenvalue weighted by Gasteiger charge is -2.18. The number of carbonyl (C=O) groups excluding carboxylic acids is 1. The van der Waals surface area contributed by atoms with Crippen molar-refractivity contribution in [3.8, 4) is 11.5 Å². The van der Waals surface area contributed by atoms with Crippen LogP contribution in [0, 0.1) is 11.5 Å². The summed E-state index contributed by atoms with van der Waals surface area (Å²) in [5.74, 6) is 1.30. The van der Waals surface area contributed by atoms with Gasteiger partial charge in [-0.2, -0.15) is 13.2 Å². The van der Waals surface area contributed by atoms with E-state index in [-0.39, 0.29) is 4.47 Å². The SMILES string of the molecule is CON(C(=O)c1ccc(C(F)(F)F)nc1C#C[Si](C)(C)C)S(C)(=O)=O. The third-order valence-electron chi connectivity index (χ3n) is 2.60. The molecule has 0 aliphatic heterocycles. The fourth-order valence-corrected chi connectivity index (χ4v) is 2.76. The Bertz CT molecular complexity index is 836. The summed E-state index contributed by atoms with van der Waals surface area (Å²) >= 11 is 0. The van der Waals surface area contributed by atoms with Gasteiger partial charge in [-0.05, 0) is 12.1 Å². The maximum Gasteiger partial charge on any atom is 0.433 e. The predicted octanol–water partition coefficient (Wildman–Crippen LogP) is 2.29. The second-order valence-electron chi connectivity index (χ2n) is 6.07. The van der Waals surface area contributed by atoms with Gasteiger partial charge in [0.25, 0.3) is 15.9 Å². The largest absolute Gasteiger partial charge is 0.433 e. The monoisotopic (exact) mass is 394 g/mol. The van der Waals surface area contributed by atoms with Gasteiger partial charge >= 0.3 is 6.18 Å². The Morgan fingerprint density at radius 2 is 1.84 bits per heavy atom. The highest BCUT2D eigenvalue weighted by Crippen LogP contribution is 2.28. The van der Waals surface area contributed by atoms with E-state index < -0.39 is 47.1 Å². The van der Waals surface area contributed by atoms with Gasteiger partial charge in [0.1, 0.15) is 19.5 Å². The highest BCUT2D eigenvalue weighted by Gasteiger charge is 2.34. The number of carbonyl (C=O) groups is 1. The predicted molar refractivity (Wildman–Crippen MR) is 87.5 cm³/mol. The lowest BCUT2D eigenvalue weighted by Crippen LogP contribution is -2.35. The van der Waals surface area contributed by atoms with E-state index in [1.807, 2.05) is 19.6 Å². The molecule has 0 aromatic carbocycles. The zero-order chi connectivity index (χ0) is 19.6. The summed E-state index contributed by atoms with van der Waals surface area (Å²) < 4.78 is 61.8. The highest BCUT2D eigenvalue weighted by molar-refractivity contribution is 7.88. The van der Waals surface area contributed by atoms with Gasteiger partial charge in [-0.15, -0.1) is 10.0 Å². The van der Waals surface area contributed by atoms with Crippen LogP contribution in [0.4, 0.5) is 13.2 Å². The number of amides is 1. The van der Waals surface area contributed by atoms with Crippen LogP contribution in [0.15, 0.2) is 12.1 Å². The minimum atomic E-state index is -4.73. The molecule has 0 saturated carbocycles. The molecule has 0 spiro atoms. The fraction of sp³-hybridized carbons (Fsp3) is 0.429. The van der Waals surface area contributed by atoms with E-state index in [0.29, 0.717) is 6.07 Å². The zero-order valence-corrected chi connectivity index (χ0v) is 16.0. The molecule has 1 amide bonds. The van der Waals surface area contributed by atoms with Crippen LogP contribution in [0.3, 0.4) is 0 Å². The summed E-state index contributed by atoms with van der Waals surface area (Å²) in [5, 5.41) is 0. The summed E-state index contributed by atoms with van der Waals surface area (Å²) in [7, 11) is -5.13. The molecule has 0 unspecified atom stereocenters. The first-order chi connectivity index (χ1) is 11.2. The molecule has 0 aliphatic rings. The van der Waals surface area contributed by atoms with Gasteiger partial charge in [-0.25, -0.2) is 13.4 Å². The number of sulfonamides is 1. The Morgan fingerprint density at radius 3 is 2.24 bits per heavy atom. The molecule has 1 aromatic heterocycles. The summed E-state index contributed by atoms with van der Waals surface area (Å²) in [6, 6.07) is 1.42. The van der Waals surface area contributed by atoms with Crippen molar-refractivity contribution in [1.29, 1.82) is 0 Å². The number of rotatable bonds is 3. The fourth-order valence-electron chi connectivity index (χ4n) is 1.60. The Labute approximate surface area is 145 Å². The molecule has 6 nitrogen and oxygen atoms in total. The number of aromatic nitrogens is 1. The van der Waals surface area contributed by atoms with Crippen LogP contribution in [-0.2, 0) is 21.0 Å². The van der Waals surface area contributed by atoms with Crippen LogP contribution in [0.2, 0.25) is 19.6 Å². The second kappa shape index (κ2) is 7.15. The average molecular weight is 394 g/mol. The van der Waals surface area contributed by atoms with E-state index >= 15 is 0 Å². The molecule has 0 fully saturated rings. The first-order valence-electron chi connectivity index (χ1n) is 6.87. The van der Waals surface area contributed by atoms with Gasteiger partial charge in [0.15, 0.2) is 0 Å². The smallest absolute Gasteiger partial charge is 0.265 e. The van der Waals surface area contributed by atoms with Crippen molar-refractivity contribution in [2.24, 2.45) is 0 Å². The second-order valence-corrected chi connectivity index (χ2v) is 12.6. The molecule has 1 heterocycles. The van der Waals surface area contributed by atoms with Crippen molar-refractivity contribution in [2.45, 2.75) is 25.8 Å². The zero-order valence-electron chi connectivity index (χ0n) is 14.2. The summed E-state index contributed by atoms with van der Waals surface area (Å²) in [6.45, 7) is 5.56. The van der Waals surface area contributed by atoms with Gasteiger partial charge in [-0.3, -0.25) is 9.63 Å². The molecule has 0 N–H and O–H groups in total. The molecule has 0 saturated heterocycles. The Morgan fingerprint density at radius 1 is 1.28 bits per heavy atom. The lowest BCUT2D eigenvalue weighted by atomic mass is 10.1. The quantitative estimate of drug-likeness (QED) is 0.447. The minimum Gasteiger partial charge on any atom is -0.265 e. The normalized spacial score (nSPS) is 12.3. The van der Waals surface area contributed by atoms with Crippen molar-refractivity contribution in [1.82, 2.24) is 9.45 Å². The summed E-state index contributed by atoms with van der Waals surface area (Å²) in [4.78, 5) is 20.3. The number of halogens is 3. The van der Waals surface area contributed by atoms with E-state index in [4.69, 9.17) is 0 Å². The van der Waals surface area contributed by atoms with Crippen LogP contribution >= 0.6 is 0 Å². The standard InChI is InChI=1S/C14H17F3N2O4SSi/c1-23-19(24(2,21)22)13(20)10-6-7-12(14(15,16)17)18-11(10)8-9-25(3,4)5/h6-7H,1-5H3. The molecule has 1 aromatic rings. The van der Waals surface area contributed by atoms with Crippen LogP contribution in [-0.4, -0.2) is 45.2 Å². The van der Waals surface area contributed by atoms with Gasteiger partial charge in [0.2, 0.25) is 0 Å². The Kier molecular flexibility index (Phi) is 6.04. The van der Waals surface area contributed by atoms with Crippen LogP contribution in [0.5, 0.6) is 0 Å². The molecule has 11 heteroatoms. The molecule has 25 heavy (non-hydrogen) atoms. The number of pyridine rings is 1. The molecule has 1 rings (SSSR count). The molecule has 138 valence electrons. The maximum absolute atomic E-state index is 12.9. The van der Waals surface area contributed by atoms with E-state index in [1.54, 1.807) is 0 Å². The van der Waals surface area contributed by atoms with Crippen molar-refractivity contribution in [2.75, 3.05) is 13.4 Å². The van der Waals surface area contributed by atoms with Gasteiger partial charge in [0.05, 0.1) is 18.9 Å². The van der Waals surface area contributed by atoms with E-state index in [2.05, 4.69) is 21.3 Å². The Balaban J connectivity index is 3.58. The molecular formula is C14H17F3N2O4SSi. The van der Waals surface area contributed by atoms with Crippen LogP contribution in [0.25, 0.3) is 0 Å². The van der Waals surface area contributed by atoms with Crippen molar-refractivity contribution >= 4 is 24.0 Å². The van der Waals surface area contributed by atoms with Gasteiger partial charge < -0.3 is 0 Å². The maximum atomic E-state index is 12.9. The molecule has 0 bridgehead atoms. The van der Waals surface area contributed by atoms with E-state index in [9.17, 15) is 26.4 Å². The number of hydroxylamine groups is 1. The topological polar surface area (TPSA) is 76.6 Å². The van der Waals surface area contributed by atoms with Crippen molar-refractivity contribution in [3.63, 3.8) is 0 Å². The van der Waals surface area contributed by atoms with Gasteiger partial charge in [-0.1, -0.05) is 25.6 Å². The highest BCUT2D eigenvalue weighted by atomic mass is 32.2. The summed E-state index contributed by atoms with van der Waals surface area (Å²) in [5.41, 5.74) is 0.728. The number of nitrogens with zero attached hydrogens (tertiary/aromatic N) is 2. The van der Waals surface area contributed by atoms with E-state index in [0.717, 1.165) is 19.4 Å². The number of hydrogen-bond donors (Lipinski definition) is 0. The van der Waals surface area contributed by atoms with Crippen LogP contribution in [0.1, 0.15) is 21.7 Å². The third-order valence-corrected chi connectivity index (χ3v) is 4.40. The third kappa shape index (κ3) is 5.84. The van der Waals surface area contributed by atoms with Crippen molar-refractivity contribution < 1.29 is 31.2 Å². The molecular weight excluding hydrogens is 377 g/mol. The molecule has 0 radical (unpaired) electrons.